The van der Waals surface area contributed by atoms with Gasteiger partial charge in [0.15, 0.2) is 11.6 Å². The predicted molar refractivity (Wildman–Crippen MR) is 60.1 cm³/mol. The van der Waals surface area contributed by atoms with Gasteiger partial charge in [-0.1, -0.05) is 0 Å². The molecule has 0 amide bonds. The van der Waals surface area contributed by atoms with Crippen LogP contribution in [0, 0.1) is 5.82 Å². The average Bonchev–Trinajstić information content (AvgIpc) is 2.28. The van der Waals surface area contributed by atoms with Gasteiger partial charge in [0.05, 0.1) is 12.6 Å². The Kier molecular flexibility index (Phi) is 4.69. The number of anilines is 2. The third kappa shape index (κ3) is 4.34. The fraction of sp³-hybridized carbons (Fsp3) is 0.600. The lowest BCUT2D eigenvalue weighted by atomic mass is 10.3. The maximum atomic E-state index is 13.4. The van der Waals surface area contributed by atoms with Gasteiger partial charge in [-0.05, 0) is 6.92 Å². The number of halogens is 4. The van der Waals surface area contributed by atoms with E-state index in [1.165, 1.54) is 7.05 Å². The van der Waals surface area contributed by atoms with E-state index in [-0.39, 0.29) is 18.3 Å². The zero-order valence-corrected chi connectivity index (χ0v) is 10.1. The minimum Gasteiger partial charge on any atom is -0.357 e. The van der Waals surface area contributed by atoms with Gasteiger partial charge in [-0.3, -0.25) is 0 Å². The Balaban J connectivity index is 2.77. The lowest BCUT2D eigenvalue weighted by Gasteiger charge is -2.19. The molecule has 102 valence electrons. The van der Waals surface area contributed by atoms with E-state index in [0.29, 0.717) is 6.54 Å². The topological polar surface area (TPSA) is 41.1 Å². The van der Waals surface area contributed by atoms with Crippen molar-refractivity contribution in [2.24, 2.45) is 0 Å². The average molecular weight is 266 g/mol. The van der Waals surface area contributed by atoms with E-state index < -0.39 is 18.4 Å². The molecule has 0 saturated carbocycles. The molecule has 0 spiro atoms. The summed E-state index contributed by atoms with van der Waals surface area (Å²) in [4.78, 5) is 8.61. The van der Waals surface area contributed by atoms with E-state index >= 15 is 0 Å². The number of alkyl halides is 3. The van der Waals surface area contributed by atoms with Gasteiger partial charge in [-0.15, -0.1) is 0 Å². The summed E-state index contributed by atoms with van der Waals surface area (Å²) in [6.45, 7) is 1.99. The van der Waals surface area contributed by atoms with Crippen molar-refractivity contribution in [3.05, 3.63) is 12.0 Å². The number of hydrogen-bond acceptors (Lipinski definition) is 4. The van der Waals surface area contributed by atoms with Crippen LogP contribution in [0.4, 0.5) is 29.3 Å². The van der Waals surface area contributed by atoms with E-state index in [0.717, 1.165) is 11.1 Å². The van der Waals surface area contributed by atoms with Crippen LogP contribution in [0.2, 0.25) is 0 Å². The molecule has 0 atom stereocenters. The molecule has 0 fully saturated rings. The first-order valence-electron chi connectivity index (χ1n) is 5.37. The summed E-state index contributed by atoms with van der Waals surface area (Å²) in [6, 6.07) is 0. The van der Waals surface area contributed by atoms with E-state index in [1.807, 2.05) is 0 Å². The molecular weight excluding hydrogens is 252 g/mol. The smallest absolute Gasteiger partial charge is 0.357 e. The Morgan fingerprint density at radius 1 is 1.39 bits per heavy atom. The zero-order valence-electron chi connectivity index (χ0n) is 10.1. The Morgan fingerprint density at radius 2 is 2.06 bits per heavy atom. The summed E-state index contributed by atoms with van der Waals surface area (Å²) in [5.74, 6) is -0.709. The highest BCUT2D eigenvalue weighted by molar-refractivity contribution is 5.43. The highest BCUT2D eigenvalue weighted by Gasteiger charge is 2.27. The van der Waals surface area contributed by atoms with E-state index in [9.17, 15) is 17.6 Å². The number of nitrogens with zero attached hydrogens (tertiary/aromatic N) is 3. The molecule has 1 aromatic heterocycles. The van der Waals surface area contributed by atoms with Crippen molar-refractivity contribution in [1.82, 2.24) is 9.97 Å². The van der Waals surface area contributed by atoms with Crippen molar-refractivity contribution in [2.75, 3.05) is 30.4 Å². The molecule has 4 nitrogen and oxygen atoms in total. The minimum absolute atomic E-state index is 0.148. The molecular formula is C10H14F4N4. The highest BCUT2D eigenvalue weighted by atomic mass is 19.4. The van der Waals surface area contributed by atoms with Crippen molar-refractivity contribution >= 4 is 11.8 Å². The van der Waals surface area contributed by atoms with Gasteiger partial charge in [0.25, 0.3) is 0 Å². The van der Waals surface area contributed by atoms with Gasteiger partial charge in [0, 0.05) is 20.1 Å². The lowest BCUT2D eigenvalue weighted by Crippen LogP contribution is -2.26. The molecule has 0 unspecified atom stereocenters. The number of aromatic nitrogens is 2. The maximum absolute atomic E-state index is 13.4. The molecule has 1 heterocycles. The molecule has 0 aromatic carbocycles. The summed E-state index contributed by atoms with van der Waals surface area (Å²) in [6.07, 6.45) is -4.36. The highest BCUT2D eigenvalue weighted by Crippen LogP contribution is 2.22. The fourth-order valence-electron chi connectivity index (χ4n) is 1.27. The van der Waals surface area contributed by atoms with E-state index in [1.54, 1.807) is 6.92 Å². The molecule has 1 aromatic rings. The van der Waals surface area contributed by atoms with Crippen molar-refractivity contribution in [2.45, 2.75) is 19.5 Å². The van der Waals surface area contributed by atoms with Crippen LogP contribution in [0.1, 0.15) is 13.3 Å². The molecule has 0 bridgehead atoms. The van der Waals surface area contributed by atoms with Gasteiger partial charge >= 0.3 is 6.18 Å². The van der Waals surface area contributed by atoms with Crippen LogP contribution in [-0.4, -0.2) is 36.3 Å². The quantitative estimate of drug-likeness (QED) is 0.831. The molecule has 0 aliphatic rings. The summed E-state index contributed by atoms with van der Waals surface area (Å²) >= 11 is 0. The fourth-order valence-corrected chi connectivity index (χ4v) is 1.27. The largest absolute Gasteiger partial charge is 0.390 e. The van der Waals surface area contributed by atoms with E-state index in [2.05, 4.69) is 15.3 Å². The van der Waals surface area contributed by atoms with Crippen LogP contribution in [0.5, 0.6) is 0 Å². The molecule has 8 heteroatoms. The first kappa shape index (κ1) is 14.5. The molecule has 1 N–H and O–H groups in total. The summed E-state index contributed by atoms with van der Waals surface area (Å²) in [5.41, 5.74) is 0. The monoisotopic (exact) mass is 266 g/mol. The van der Waals surface area contributed by atoms with E-state index in [4.69, 9.17) is 0 Å². The third-order valence-electron chi connectivity index (χ3n) is 2.15. The normalized spacial score (nSPS) is 11.4. The maximum Gasteiger partial charge on any atom is 0.390 e. The van der Waals surface area contributed by atoms with Crippen molar-refractivity contribution in [1.29, 1.82) is 0 Å². The van der Waals surface area contributed by atoms with Crippen LogP contribution in [0.15, 0.2) is 6.20 Å². The van der Waals surface area contributed by atoms with Crippen LogP contribution >= 0.6 is 0 Å². The lowest BCUT2D eigenvalue weighted by molar-refractivity contribution is -0.132. The molecule has 0 aliphatic carbocycles. The van der Waals surface area contributed by atoms with Crippen LogP contribution in [0.25, 0.3) is 0 Å². The molecule has 0 saturated heterocycles. The van der Waals surface area contributed by atoms with Gasteiger partial charge < -0.3 is 10.2 Å². The number of rotatable bonds is 5. The Labute approximate surface area is 102 Å². The first-order valence-corrected chi connectivity index (χ1v) is 5.37. The van der Waals surface area contributed by atoms with Crippen molar-refractivity contribution in [3.63, 3.8) is 0 Å². The Morgan fingerprint density at radius 3 is 2.61 bits per heavy atom. The van der Waals surface area contributed by atoms with Gasteiger partial charge in [-0.2, -0.15) is 18.2 Å². The Hall–Kier alpha value is -1.60. The van der Waals surface area contributed by atoms with Gasteiger partial charge in [0.1, 0.15) is 0 Å². The second kappa shape index (κ2) is 5.83. The number of nitrogens with one attached hydrogen (secondary N) is 1. The Bertz CT molecular complexity index is 394. The minimum atomic E-state index is -4.28. The third-order valence-corrected chi connectivity index (χ3v) is 2.15. The van der Waals surface area contributed by atoms with Gasteiger partial charge in [-0.25, -0.2) is 9.37 Å². The second-order valence-corrected chi connectivity index (χ2v) is 3.68. The first-order chi connectivity index (χ1) is 8.33. The van der Waals surface area contributed by atoms with Crippen molar-refractivity contribution < 1.29 is 17.6 Å². The second-order valence-electron chi connectivity index (χ2n) is 3.68. The van der Waals surface area contributed by atoms with Crippen LogP contribution in [-0.2, 0) is 0 Å². The molecule has 18 heavy (non-hydrogen) atoms. The molecule has 1 rings (SSSR count). The standard InChI is InChI=1S/C10H14F4N4/c1-3-15-9-16-6-7(11)8(17-9)18(2)5-4-10(12,13)14/h6H,3-5H2,1-2H3,(H,15,16,17). The zero-order chi connectivity index (χ0) is 13.8. The molecule has 0 aliphatic heterocycles. The molecule has 0 radical (unpaired) electrons. The predicted octanol–water partition coefficient (Wildman–Crippen LogP) is 2.44. The van der Waals surface area contributed by atoms with Crippen molar-refractivity contribution in [3.8, 4) is 0 Å². The summed E-state index contributed by atoms with van der Waals surface area (Å²) in [7, 11) is 1.35. The van der Waals surface area contributed by atoms with Crippen LogP contribution in [0.3, 0.4) is 0 Å². The number of hydrogen-bond donors (Lipinski definition) is 1. The SMILES string of the molecule is CCNc1ncc(F)c(N(C)CCC(F)(F)F)n1. The van der Waals surface area contributed by atoms with Crippen LogP contribution < -0.4 is 10.2 Å². The van der Waals surface area contributed by atoms with Gasteiger partial charge in [0.2, 0.25) is 5.95 Å². The summed E-state index contributed by atoms with van der Waals surface area (Å²) in [5, 5.41) is 2.76. The summed E-state index contributed by atoms with van der Waals surface area (Å²) < 4.78 is 49.6.